The average molecular weight is 323 g/mol. The summed E-state index contributed by atoms with van der Waals surface area (Å²) in [7, 11) is 0. The molecule has 5 heteroatoms. The van der Waals surface area contributed by atoms with Gasteiger partial charge in [0.05, 0.1) is 5.56 Å². The Kier molecular flexibility index (Phi) is 4.16. The quantitative estimate of drug-likeness (QED) is 0.853. The van der Waals surface area contributed by atoms with Crippen LogP contribution in [0.15, 0.2) is 46.9 Å². The number of carbonyl (C=O) groups excluding carboxylic acids is 1. The zero-order valence-electron chi connectivity index (χ0n) is 9.99. The fourth-order valence-electron chi connectivity index (χ4n) is 1.63. The molecule has 0 radical (unpaired) electrons. The summed E-state index contributed by atoms with van der Waals surface area (Å²) < 4.78 is 14.5. The van der Waals surface area contributed by atoms with Crippen LogP contribution in [-0.2, 0) is 6.54 Å². The highest BCUT2D eigenvalue weighted by molar-refractivity contribution is 9.10. The summed E-state index contributed by atoms with van der Waals surface area (Å²) in [6.45, 7) is 0.323. The molecular formula is C14H12BrFN2O. The maximum Gasteiger partial charge on any atom is 0.254 e. The summed E-state index contributed by atoms with van der Waals surface area (Å²) in [5.41, 5.74) is 6.64. The summed E-state index contributed by atoms with van der Waals surface area (Å²) in [5, 5.41) is 2.67. The lowest BCUT2D eigenvalue weighted by Crippen LogP contribution is -2.24. The van der Waals surface area contributed by atoms with Crippen molar-refractivity contribution < 1.29 is 9.18 Å². The summed E-state index contributed by atoms with van der Waals surface area (Å²) in [5.74, 6) is -1.09. The zero-order valence-corrected chi connectivity index (χ0v) is 11.6. The molecule has 0 aliphatic rings. The molecule has 0 atom stereocenters. The smallest absolute Gasteiger partial charge is 0.254 e. The van der Waals surface area contributed by atoms with E-state index < -0.39 is 11.7 Å². The molecule has 0 aliphatic heterocycles. The Morgan fingerprint density at radius 1 is 1.26 bits per heavy atom. The monoisotopic (exact) mass is 322 g/mol. The fraction of sp³-hybridized carbons (Fsp3) is 0.0714. The highest BCUT2D eigenvalue weighted by Crippen LogP contribution is 2.16. The topological polar surface area (TPSA) is 55.1 Å². The van der Waals surface area contributed by atoms with Gasteiger partial charge in [0.2, 0.25) is 0 Å². The number of halogens is 2. The van der Waals surface area contributed by atoms with Gasteiger partial charge in [0.1, 0.15) is 5.82 Å². The van der Waals surface area contributed by atoms with Crippen molar-refractivity contribution in [3.63, 3.8) is 0 Å². The van der Waals surface area contributed by atoms with E-state index in [1.54, 1.807) is 0 Å². The Labute approximate surface area is 118 Å². The molecule has 0 unspecified atom stereocenters. The molecule has 0 saturated carbocycles. The zero-order chi connectivity index (χ0) is 13.8. The van der Waals surface area contributed by atoms with Crippen molar-refractivity contribution in [2.24, 2.45) is 0 Å². The Morgan fingerprint density at radius 2 is 2.00 bits per heavy atom. The summed E-state index contributed by atoms with van der Waals surface area (Å²) >= 11 is 3.38. The minimum Gasteiger partial charge on any atom is -0.399 e. The van der Waals surface area contributed by atoms with Gasteiger partial charge in [0.25, 0.3) is 5.91 Å². The fourth-order valence-corrected chi connectivity index (χ4v) is 2.05. The lowest BCUT2D eigenvalue weighted by atomic mass is 10.1. The number of hydrogen-bond acceptors (Lipinski definition) is 2. The average Bonchev–Trinajstić information content (AvgIpc) is 2.37. The third-order valence-electron chi connectivity index (χ3n) is 2.64. The first-order valence-corrected chi connectivity index (χ1v) is 6.44. The van der Waals surface area contributed by atoms with Crippen LogP contribution in [0.2, 0.25) is 0 Å². The largest absolute Gasteiger partial charge is 0.399 e. The van der Waals surface area contributed by atoms with Gasteiger partial charge in [-0.05, 0) is 29.8 Å². The van der Waals surface area contributed by atoms with Gasteiger partial charge in [-0.15, -0.1) is 0 Å². The molecule has 2 aromatic carbocycles. The third-order valence-corrected chi connectivity index (χ3v) is 3.41. The number of nitrogen functional groups attached to an aromatic ring is 1. The maximum absolute atomic E-state index is 13.6. The van der Waals surface area contributed by atoms with Gasteiger partial charge in [0, 0.05) is 16.7 Å². The molecule has 0 aromatic heterocycles. The van der Waals surface area contributed by atoms with Crippen LogP contribution in [0.5, 0.6) is 0 Å². The first-order chi connectivity index (χ1) is 9.08. The van der Waals surface area contributed by atoms with E-state index in [4.69, 9.17) is 5.73 Å². The summed E-state index contributed by atoms with van der Waals surface area (Å²) in [6.07, 6.45) is 0. The van der Waals surface area contributed by atoms with Gasteiger partial charge < -0.3 is 11.1 Å². The second kappa shape index (κ2) is 5.84. The molecule has 98 valence electrons. The van der Waals surface area contributed by atoms with Crippen LogP contribution in [-0.4, -0.2) is 5.91 Å². The minimum atomic E-state index is -0.621. The molecule has 0 heterocycles. The molecular weight excluding hydrogens is 311 g/mol. The van der Waals surface area contributed by atoms with E-state index in [0.29, 0.717) is 12.2 Å². The molecule has 19 heavy (non-hydrogen) atoms. The molecule has 0 fully saturated rings. The molecule has 3 N–H and O–H groups in total. The predicted molar refractivity (Wildman–Crippen MR) is 76.1 cm³/mol. The number of carbonyl (C=O) groups is 1. The second-order valence-corrected chi connectivity index (χ2v) is 4.87. The SMILES string of the molecule is Nc1ccc(C(=O)NCc2ccccc2Br)c(F)c1. The molecule has 0 aliphatic carbocycles. The normalized spacial score (nSPS) is 10.2. The van der Waals surface area contributed by atoms with Gasteiger partial charge in [-0.1, -0.05) is 34.1 Å². The minimum absolute atomic E-state index is 0.0127. The lowest BCUT2D eigenvalue weighted by molar-refractivity contribution is 0.0947. The standard InChI is InChI=1S/C14H12BrFN2O/c15-12-4-2-1-3-9(12)8-18-14(19)11-6-5-10(17)7-13(11)16/h1-7H,8,17H2,(H,18,19). The van der Waals surface area contributed by atoms with Crippen molar-refractivity contribution in [2.75, 3.05) is 5.73 Å². The number of nitrogens with one attached hydrogen (secondary N) is 1. The van der Waals surface area contributed by atoms with Crippen LogP contribution in [0.1, 0.15) is 15.9 Å². The molecule has 3 nitrogen and oxygen atoms in total. The molecule has 0 saturated heterocycles. The Hall–Kier alpha value is -1.88. The highest BCUT2D eigenvalue weighted by atomic mass is 79.9. The summed E-state index contributed by atoms with van der Waals surface area (Å²) in [6, 6.07) is 11.5. The van der Waals surface area contributed by atoms with E-state index in [1.165, 1.54) is 12.1 Å². The van der Waals surface area contributed by atoms with Crippen molar-refractivity contribution in [3.8, 4) is 0 Å². The number of benzene rings is 2. The van der Waals surface area contributed by atoms with E-state index in [-0.39, 0.29) is 5.56 Å². The van der Waals surface area contributed by atoms with Crippen LogP contribution in [0.25, 0.3) is 0 Å². The van der Waals surface area contributed by atoms with Crippen LogP contribution in [0.4, 0.5) is 10.1 Å². The predicted octanol–water partition coefficient (Wildman–Crippen LogP) is 3.10. The number of amides is 1. The van der Waals surface area contributed by atoms with E-state index in [0.717, 1.165) is 16.1 Å². The van der Waals surface area contributed by atoms with Crippen LogP contribution < -0.4 is 11.1 Å². The molecule has 2 rings (SSSR count). The second-order valence-electron chi connectivity index (χ2n) is 4.01. The molecule has 0 bridgehead atoms. The van der Waals surface area contributed by atoms with Crippen LogP contribution in [0, 0.1) is 5.82 Å². The molecule has 2 aromatic rings. The van der Waals surface area contributed by atoms with Gasteiger partial charge >= 0.3 is 0 Å². The maximum atomic E-state index is 13.6. The van der Waals surface area contributed by atoms with Crippen molar-refractivity contribution in [2.45, 2.75) is 6.54 Å². The Morgan fingerprint density at radius 3 is 2.68 bits per heavy atom. The lowest BCUT2D eigenvalue weighted by Gasteiger charge is -2.08. The summed E-state index contributed by atoms with van der Waals surface area (Å²) in [4.78, 5) is 11.9. The van der Waals surface area contributed by atoms with Crippen molar-refractivity contribution >= 4 is 27.5 Å². The first kappa shape index (κ1) is 13.5. The molecule has 0 spiro atoms. The Balaban J connectivity index is 2.08. The number of hydrogen-bond donors (Lipinski definition) is 2. The van der Waals surface area contributed by atoms with Gasteiger partial charge in [-0.25, -0.2) is 4.39 Å². The van der Waals surface area contributed by atoms with Gasteiger partial charge in [0.15, 0.2) is 0 Å². The van der Waals surface area contributed by atoms with Crippen LogP contribution in [0.3, 0.4) is 0 Å². The van der Waals surface area contributed by atoms with Crippen molar-refractivity contribution in [1.29, 1.82) is 0 Å². The van der Waals surface area contributed by atoms with Gasteiger partial charge in [-0.3, -0.25) is 4.79 Å². The number of rotatable bonds is 3. The Bertz CT molecular complexity index is 616. The van der Waals surface area contributed by atoms with E-state index >= 15 is 0 Å². The highest BCUT2D eigenvalue weighted by Gasteiger charge is 2.11. The number of nitrogens with two attached hydrogens (primary N) is 1. The van der Waals surface area contributed by atoms with Crippen molar-refractivity contribution in [1.82, 2.24) is 5.32 Å². The first-order valence-electron chi connectivity index (χ1n) is 5.64. The van der Waals surface area contributed by atoms with Crippen molar-refractivity contribution in [3.05, 3.63) is 63.9 Å². The van der Waals surface area contributed by atoms with E-state index in [1.807, 2.05) is 24.3 Å². The van der Waals surface area contributed by atoms with E-state index in [2.05, 4.69) is 21.2 Å². The van der Waals surface area contributed by atoms with E-state index in [9.17, 15) is 9.18 Å². The number of anilines is 1. The van der Waals surface area contributed by atoms with Gasteiger partial charge in [-0.2, -0.15) is 0 Å². The third kappa shape index (κ3) is 3.32. The molecule has 1 amide bonds. The van der Waals surface area contributed by atoms with Crippen LogP contribution >= 0.6 is 15.9 Å².